The predicted octanol–water partition coefficient (Wildman–Crippen LogP) is 5.64. The fourth-order valence-corrected chi connectivity index (χ4v) is 5.96. The Morgan fingerprint density at radius 3 is 2.70 bits per heavy atom. The molecule has 0 fully saturated rings. The molecule has 3 aromatic rings. The third-order valence-electron chi connectivity index (χ3n) is 5.30. The Labute approximate surface area is 186 Å². The highest BCUT2D eigenvalue weighted by Crippen LogP contribution is 2.37. The highest BCUT2D eigenvalue weighted by atomic mass is 32.2. The first-order valence-electron chi connectivity index (χ1n) is 10.6. The molecule has 1 aliphatic rings. The van der Waals surface area contributed by atoms with Crippen LogP contribution in [-0.4, -0.2) is 26.4 Å². The number of carbonyl (C=O) groups excluding carboxylic acids is 1. The second-order valence-electron chi connectivity index (χ2n) is 7.93. The zero-order valence-electron chi connectivity index (χ0n) is 17.8. The molecule has 4 rings (SSSR count). The van der Waals surface area contributed by atoms with Crippen molar-refractivity contribution in [1.29, 1.82) is 0 Å². The Morgan fingerprint density at radius 1 is 1.17 bits per heavy atom. The smallest absolute Gasteiger partial charge is 0.234 e. The summed E-state index contributed by atoms with van der Waals surface area (Å²) in [5.41, 5.74) is 5.83. The topological polar surface area (TPSA) is 59.8 Å². The van der Waals surface area contributed by atoms with Crippen molar-refractivity contribution < 1.29 is 4.79 Å². The van der Waals surface area contributed by atoms with Gasteiger partial charge in [-0.1, -0.05) is 24.8 Å². The molecule has 1 aromatic carbocycles. The summed E-state index contributed by atoms with van der Waals surface area (Å²) in [5, 5.41) is 15.1. The Hall–Kier alpha value is -2.12. The minimum Gasteiger partial charge on any atom is -0.325 e. The average molecular weight is 441 g/mol. The Bertz CT molecular complexity index is 1030. The van der Waals surface area contributed by atoms with E-state index in [1.807, 2.05) is 37.3 Å². The van der Waals surface area contributed by atoms with Gasteiger partial charge in [-0.15, -0.1) is 21.5 Å². The summed E-state index contributed by atoms with van der Waals surface area (Å²) in [6, 6.07) is 6.09. The maximum absolute atomic E-state index is 12.5. The number of thioether (sulfide) groups is 1. The summed E-state index contributed by atoms with van der Waals surface area (Å²) in [5.74, 6) is 1.25. The van der Waals surface area contributed by atoms with Crippen molar-refractivity contribution in [2.75, 3.05) is 11.1 Å². The van der Waals surface area contributed by atoms with Crippen molar-refractivity contribution in [3.63, 3.8) is 0 Å². The standard InChI is InChI=1S/C23H28N4OS2/c1-4-9-27-22(19-13-29-20-8-6-5-7-18(19)20)25-26-23(27)30-14-21(28)24-17-11-15(2)10-16(3)12-17/h10-13H,4-9,14H2,1-3H3,(H,24,28). The molecule has 2 heterocycles. The number of rotatable bonds is 7. The fourth-order valence-electron chi connectivity index (χ4n) is 4.08. The Kier molecular flexibility index (Phi) is 6.58. The van der Waals surface area contributed by atoms with Crippen LogP contribution in [-0.2, 0) is 24.2 Å². The van der Waals surface area contributed by atoms with Crippen LogP contribution in [0.4, 0.5) is 5.69 Å². The molecule has 158 valence electrons. The van der Waals surface area contributed by atoms with Crippen LogP contribution in [0.15, 0.2) is 28.7 Å². The molecule has 0 saturated heterocycles. The summed E-state index contributed by atoms with van der Waals surface area (Å²) in [6.45, 7) is 7.09. The van der Waals surface area contributed by atoms with E-state index in [9.17, 15) is 4.79 Å². The molecule has 0 unspecified atom stereocenters. The minimum atomic E-state index is -0.0227. The Balaban J connectivity index is 1.49. The number of anilines is 1. The van der Waals surface area contributed by atoms with E-state index in [2.05, 4.69) is 38.5 Å². The Morgan fingerprint density at radius 2 is 1.93 bits per heavy atom. The normalized spacial score (nSPS) is 13.3. The van der Waals surface area contributed by atoms with Crippen molar-refractivity contribution in [3.8, 4) is 11.4 Å². The van der Waals surface area contributed by atoms with Crippen LogP contribution in [0.2, 0.25) is 0 Å². The van der Waals surface area contributed by atoms with Crippen LogP contribution >= 0.6 is 23.1 Å². The van der Waals surface area contributed by atoms with Gasteiger partial charge in [0, 0.05) is 28.1 Å². The maximum Gasteiger partial charge on any atom is 0.234 e. The van der Waals surface area contributed by atoms with Gasteiger partial charge in [-0.2, -0.15) is 0 Å². The fraction of sp³-hybridized carbons (Fsp3) is 0.435. The van der Waals surface area contributed by atoms with Crippen molar-refractivity contribution in [2.24, 2.45) is 0 Å². The van der Waals surface area contributed by atoms with Gasteiger partial charge in [-0.3, -0.25) is 4.79 Å². The highest BCUT2D eigenvalue weighted by Gasteiger charge is 2.22. The summed E-state index contributed by atoms with van der Waals surface area (Å²) in [6.07, 6.45) is 5.85. The number of nitrogens with zero attached hydrogens (tertiary/aromatic N) is 3. The average Bonchev–Trinajstić information content (AvgIpc) is 3.30. The first-order valence-corrected chi connectivity index (χ1v) is 12.5. The lowest BCUT2D eigenvalue weighted by atomic mass is 9.95. The van der Waals surface area contributed by atoms with Gasteiger partial charge < -0.3 is 9.88 Å². The molecule has 7 heteroatoms. The van der Waals surface area contributed by atoms with Gasteiger partial charge in [0.15, 0.2) is 11.0 Å². The summed E-state index contributed by atoms with van der Waals surface area (Å²) >= 11 is 3.31. The molecule has 1 amide bonds. The van der Waals surface area contributed by atoms with Gasteiger partial charge in [-0.25, -0.2) is 0 Å². The monoisotopic (exact) mass is 440 g/mol. The first kappa shape index (κ1) is 21.1. The molecule has 1 N–H and O–H groups in total. The summed E-state index contributed by atoms with van der Waals surface area (Å²) in [4.78, 5) is 14.0. The molecule has 30 heavy (non-hydrogen) atoms. The van der Waals surface area contributed by atoms with E-state index in [0.717, 1.165) is 47.2 Å². The third kappa shape index (κ3) is 4.62. The molecule has 5 nitrogen and oxygen atoms in total. The van der Waals surface area contributed by atoms with E-state index in [1.54, 1.807) is 0 Å². The van der Waals surface area contributed by atoms with E-state index in [0.29, 0.717) is 5.75 Å². The largest absolute Gasteiger partial charge is 0.325 e. The van der Waals surface area contributed by atoms with Crippen LogP contribution in [0, 0.1) is 13.8 Å². The van der Waals surface area contributed by atoms with Crippen molar-refractivity contribution in [3.05, 3.63) is 45.1 Å². The number of fused-ring (bicyclic) bond motifs is 1. The second kappa shape index (κ2) is 9.35. The predicted molar refractivity (Wildman–Crippen MR) is 126 cm³/mol. The molecule has 0 radical (unpaired) electrons. The van der Waals surface area contributed by atoms with Gasteiger partial charge in [0.05, 0.1) is 5.75 Å². The van der Waals surface area contributed by atoms with Gasteiger partial charge in [0.1, 0.15) is 0 Å². The number of hydrogen-bond acceptors (Lipinski definition) is 5. The quantitative estimate of drug-likeness (QED) is 0.483. The van der Waals surface area contributed by atoms with E-state index >= 15 is 0 Å². The van der Waals surface area contributed by atoms with E-state index < -0.39 is 0 Å². The van der Waals surface area contributed by atoms with Crippen molar-refractivity contribution in [1.82, 2.24) is 14.8 Å². The van der Waals surface area contributed by atoms with Crippen LogP contribution < -0.4 is 5.32 Å². The first-order chi connectivity index (χ1) is 14.5. The van der Waals surface area contributed by atoms with Gasteiger partial charge in [0.2, 0.25) is 5.91 Å². The molecule has 0 spiro atoms. The number of hydrogen-bond donors (Lipinski definition) is 1. The number of carbonyl (C=O) groups is 1. The molecule has 1 aliphatic carbocycles. The van der Waals surface area contributed by atoms with Gasteiger partial charge in [-0.05, 0) is 74.8 Å². The van der Waals surface area contributed by atoms with E-state index in [4.69, 9.17) is 0 Å². The number of nitrogens with one attached hydrogen (secondary N) is 1. The van der Waals surface area contributed by atoms with E-state index in [1.165, 1.54) is 47.0 Å². The maximum atomic E-state index is 12.5. The SMILES string of the molecule is CCCn1c(SCC(=O)Nc2cc(C)cc(C)c2)nnc1-c1csc2c1CCCC2. The molecular weight excluding hydrogens is 412 g/mol. The lowest BCUT2D eigenvalue weighted by Crippen LogP contribution is -2.15. The molecule has 0 bridgehead atoms. The highest BCUT2D eigenvalue weighted by molar-refractivity contribution is 7.99. The second-order valence-corrected chi connectivity index (χ2v) is 9.84. The molecule has 0 atom stereocenters. The van der Waals surface area contributed by atoms with Gasteiger partial charge >= 0.3 is 0 Å². The summed E-state index contributed by atoms with van der Waals surface area (Å²) < 4.78 is 2.19. The number of aryl methyl sites for hydroxylation is 3. The van der Waals surface area contributed by atoms with Crippen molar-refractivity contribution >= 4 is 34.7 Å². The number of thiophene rings is 1. The lowest BCUT2D eigenvalue weighted by Gasteiger charge is -2.13. The van der Waals surface area contributed by atoms with E-state index in [-0.39, 0.29) is 5.91 Å². The van der Waals surface area contributed by atoms with Crippen LogP contribution in [0.3, 0.4) is 0 Å². The molecule has 0 aliphatic heterocycles. The van der Waals surface area contributed by atoms with Gasteiger partial charge in [0.25, 0.3) is 0 Å². The zero-order chi connectivity index (χ0) is 21.1. The summed E-state index contributed by atoms with van der Waals surface area (Å²) in [7, 11) is 0. The van der Waals surface area contributed by atoms with Crippen LogP contribution in [0.1, 0.15) is 47.8 Å². The minimum absolute atomic E-state index is 0.0227. The zero-order valence-corrected chi connectivity index (χ0v) is 19.5. The lowest BCUT2D eigenvalue weighted by molar-refractivity contribution is -0.113. The molecule has 0 saturated carbocycles. The molecule has 2 aromatic heterocycles. The van der Waals surface area contributed by atoms with Crippen LogP contribution in [0.25, 0.3) is 11.4 Å². The molecular formula is C23H28N4OS2. The number of benzene rings is 1. The number of aromatic nitrogens is 3. The number of amides is 1. The van der Waals surface area contributed by atoms with Crippen LogP contribution in [0.5, 0.6) is 0 Å². The van der Waals surface area contributed by atoms with Crippen molar-refractivity contribution in [2.45, 2.75) is 64.6 Å². The third-order valence-corrected chi connectivity index (χ3v) is 7.36.